The summed E-state index contributed by atoms with van der Waals surface area (Å²) >= 11 is 1.64. The fraction of sp³-hybridized carbons (Fsp3) is 0.522. The molecule has 1 aliphatic heterocycles. The van der Waals surface area contributed by atoms with Crippen LogP contribution in [0.3, 0.4) is 0 Å². The molecule has 0 bridgehead atoms. The van der Waals surface area contributed by atoms with E-state index in [0.717, 1.165) is 59.2 Å². The number of rotatable bonds is 7. The molecule has 172 valence electrons. The van der Waals surface area contributed by atoms with Crippen LogP contribution in [0, 0.1) is 6.92 Å². The van der Waals surface area contributed by atoms with Crippen LogP contribution in [0.25, 0.3) is 11.0 Å². The Morgan fingerprint density at radius 1 is 1.06 bits per heavy atom. The molecule has 1 saturated heterocycles. The van der Waals surface area contributed by atoms with Crippen molar-refractivity contribution in [2.45, 2.75) is 75.1 Å². The van der Waals surface area contributed by atoms with Gasteiger partial charge in [-0.15, -0.1) is 0 Å². The van der Waals surface area contributed by atoms with Gasteiger partial charge in [0, 0.05) is 31.2 Å². The normalized spacial score (nSPS) is 15.7. The predicted octanol–water partition coefficient (Wildman–Crippen LogP) is 4.74. The molecule has 4 rings (SSSR count). The summed E-state index contributed by atoms with van der Waals surface area (Å²) in [6.07, 6.45) is 2.94. The summed E-state index contributed by atoms with van der Waals surface area (Å²) < 4.78 is 29.9. The number of imidazole rings is 1. The molecule has 0 amide bonds. The van der Waals surface area contributed by atoms with Crippen molar-refractivity contribution < 1.29 is 8.42 Å². The van der Waals surface area contributed by atoms with E-state index in [1.54, 1.807) is 28.2 Å². The molecule has 32 heavy (non-hydrogen) atoms. The van der Waals surface area contributed by atoms with E-state index in [1.165, 1.54) is 0 Å². The maximum absolute atomic E-state index is 13.1. The van der Waals surface area contributed by atoms with E-state index >= 15 is 0 Å². The molecule has 0 saturated carbocycles. The highest BCUT2D eigenvalue weighted by Gasteiger charge is 2.26. The van der Waals surface area contributed by atoms with E-state index in [9.17, 15) is 8.42 Å². The third-order valence-corrected chi connectivity index (χ3v) is 8.58. The Kier molecular flexibility index (Phi) is 6.88. The molecule has 1 fully saturated rings. The van der Waals surface area contributed by atoms with E-state index in [2.05, 4.69) is 35.3 Å². The average Bonchev–Trinajstić information content (AvgIpc) is 3.14. The van der Waals surface area contributed by atoms with Crippen LogP contribution in [-0.2, 0) is 22.3 Å². The molecule has 2 aromatic heterocycles. The van der Waals surface area contributed by atoms with E-state index in [-0.39, 0.29) is 5.92 Å². The Balaban J connectivity index is 1.62. The number of nitrogens with zero attached hydrogens (tertiary/aromatic N) is 5. The lowest BCUT2D eigenvalue weighted by Gasteiger charge is -2.25. The molecule has 9 heteroatoms. The van der Waals surface area contributed by atoms with Gasteiger partial charge in [-0.2, -0.15) is 4.31 Å². The third kappa shape index (κ3) is 4.70. The van der Waals surface area contributed by atoms with Gasteiger partial charge in [-0.05, 0) is 51.0 Å². The second-order valence-corrected chi connectivity index (χ2v) is 11.5. The Labute approximate surface area is 194 Å². The first-order valence-corrected chi connectivity index (χ1v) is 13.7. The number of thioether (sulfide) groups is 1. The molecule has 1 aliphatic rings. The van der Waals surface area contributed by atoms with Crippen LogP contribution in [0.1, 0.15) is 63.3 Å². The number of fused-ring (bicyclic) bond motifs is 1. The maximum Gasteiger partial charge on any atom is 0.243 e. The van der Waals surface area contributed by atoms with Gasteiger partial charge in [0.15, 0.2) is 0 Å². The third-order valence-electron chi connectivity index (χ3n) is 5.78. The quantitative estimate of drug-likeness (QED) is 0.364. The van der Waals surface area contributed by atoms with E-state index in [4.69, 9.17) is 4.98 Å². The average molecular weight is 474 g/mol. The smallest absolute Gasteiger partial charge is 0.243 e. The first-order valence-electron chi connectivity index (χ1n) is 11.3. The summed E-state index contributed by atoms with van der Waals surface area (Å²) in [4.78, 5) is 14.4. The molecule has 0 atom stereocenters. The number of sulfonamides is 1. The van der Waals surface area contributed by atoms with Crippen molar-refractivity contribution in [1.29, 1.82) is 0 Å². The van der Waals surface area contributed by atoms with Crippen molar-refractivity contribution in [2.24, 2.45) is 0 Å². The molecular formula is C23H31N5O2S2. The number of hydrogen-bond donors (Lipinski definition) is 0. The van der Waals surface area contributed by atoms with Crippen LogP contribution in [0.5, 0.6) is 0 Å². The number of hydrogen-bond acceptors (Lipinski definition) is 6. The van der Waals surface area contributed by atoms with Gasteiger partial charge in [-0.1, -0.05) is 32.0 Å². The van der Waals surface area contributed by atoms with Crippen molar-refractivity contribution in [3.8, 4) is 0 Å². The number of aryl methyl sites for hydroxylation is 2. The minimum Gasteiger partial charge on any atom is -0.328 e. The van der Waals surface area contributed by atoms with Gasteiger partial charge >= 0.3 is 0 Å². The summed E-state index contributed by atoms with van der Waals surface area (Å²) in [6.45, 7) is 10.2. The van der Waals surface area contributed by atoms with Crippen molar-refractivity contribution >= 4 is 32.8 Å². The molecule has 0 N–H and O–H groups in total. The second kappa shape index (κ2) is 9.49. The lowest BCUT2D eigenvalue weighted by Crippen LogP contribution is -2.35. The molecule has 0 spiro atoms. The fourth-order valence-electron chi connectivity index (χ4n) is 4.07. The zero-order valence-corrected chi connectivity index (χ0v) is 20.8. The van der Waals surface area contributed by atoms with E-state index < -0.39 is 10.0 Å². The standard InChI is InChI=1S/C23H31N5O2S2/c1-5-28-20-10-9-18(32(29,30)27-11-7-6-8-12-27)14-19(20)25-21(28)15-31-22-13-17(4)24-23(26-22)16(2)3/h9-10,13-14,16H,5-8,11-12,15H2,1-4H3. The minimum atomic E-state index is -3.47. The van der Waals surface area contributed by atoms with Crippen molar-refractivity contribution in [3.63, 3.8) is 0 Å². The SMILES string of the molecule is CCn1c(CSc2cc(C)nc(C(C)C)n2)nc2cc(S(=O)(=O)N3CCCCC3)ccc21. The summed E-state index contributed by atoms with van der Waals surface area (Å²) in [5.41, 5.74) is 2.65. The zero-order chi connectivity index (χ0) is 22.9. The summed E-state index contributed by atoms with van der Waals surface area (Å²) in [7, 11) is -3.47. The zero-order valence-electron chi connectivity index (χ0n) is 19.2. The largest absolute Gasteiger partial charge is 0.328 e. The Bertz CT molecular complexity index is 1210. The van der Waals surface area contributed by atoms with Gasteiger partial charge in [-0.3, -0.25) is 0 Å². The second-order valence-electron chi connectivity index (χ2n) is 8.54. The number of piperidine rings is 1. The van der Waals surface area contributed by atoms with Crippen LogP contribution in [-0.4, -0.2) is 45.3 Å². The van der Waals surface area contributed by atoms with Crippen LogP contribution in [0.4, 0.5) is 0 Å². The van der Waals surface area contributed by atoms with Gasteiger partial charge < -0.3 is 4.57 Å². The first-order chi connectivity index (χ1) is 15.3. The molecule has 1 aromatic carbocycles. The van der Waals surface area contributed by atoms with Gasteiger partial charge in [0.2, 0.25) is 10.0 Å². The predicted molar refractivity (Wildman–Crippen MR) is 128 cm³/mol. The molecule has 0 radical (unpaired) electrons. The van der Waals surface area contributed by atoms with Gasteiger partial charge in [-0.25, -0.2) is 23.4 Å². The Morgan fingerprint density at radius 3 is 2.50 bits per heavy atom. The topological polar surface area (TPSA) is 81.0 Å². The molecule has 0 aliphatic carbocycles. The van der Waals surface area contributed by atoms with Crippen LogP contribution in [0.15, 0.2) is 34.2 Å². The lowest BCUT2D eigenvalue weighted by atomic mass is 10.2. The van der Waals surface area contributed by atoms with Crippen LogP contribution >= 0.6 is 11.8 Å². The van der Waals surface area contributed by atoms with Crippen LogP contribution < -0.4 is 0 Å². The fourth-order valence-corrected chi connectivity index (χ4v) is 6.52. The van der Waals surface area contributed by atoms with Crippen molar-refractivity contribution in [1.82, 2.24) is 23.8 Å². The van der Waals surface area contributed by atoms with Crippen LogP contribution in [0.2, 0.25) is 0 Å². The summed E-state index contributed by atoms with van der Waals surface area (Å²) in [5, 5.41) is 0.935. The molecule has 0 unspecified atom stereocenters. The molecule has 7 nitrogen and oxygen atoms in total. The van der Waals surface area contributed by atoms with E-state index in [0.29, 0.717) is 23.7 Å². The summed E-state index contributed by atoms with van der Waals surface area (Å²) in [5.74, 6) is 2.70. The van der Waals surface area contributed by atoms with Crippen molar-refractivity contribution in [3.05, 3.63) is 41.6 Å². The molecule has 3 aromatic rings. The summed E-state index contributed by atoms with van der Waals surface area (Å²) in [6, 6.07) is 7.34. The van der Waals surface area contributed by atoms with E-state index in [1.807, 2.05) is 19.1 Å². The molecule has 3 heterocycles. The minimum absolute atomic E-state index is 0.273. The lowest BCUT2D eigenvalue weighted by molar-refractivity contribution is 0.346. The Hall–Kier alpha value is -1.97. The monoisotopic (exact) mass is 473 g/mol. The first kappa shape index (κ1) is 23.2. The highest BCUT2D eigenvalue weighted by Crippen LogP contribution is 2.28. The van der Waals surface area contributed by atoms with Crippen molar-refractivity contribution in [2.75, 3.05) is 13.1 Å². The van der Waals surface area contributed by atoms with Gasteiger partial charge in [0.25, 0.3) is 0 Å². The number of aromatic nitrogens is 4. The van der Waals surface area contributed by atoms with Gasteiger partial charge in [0.1, 0.15) is 16.7 Å². The highest BCUT2D eigenvalue weighted by molar-refractivity contribution is 7.98. The highest BCUT2D eigenvalue weighted by atomic mass is 32.2. The Morgan fingerprint density at radius 2 is 1.81 bits per heavy atom. The van der Waals surface area contributed by atoms with Gasteiger partial charge in [0.05, 0.1) is 21.7 Å². The number of benzene rings is 1. The molecular weight excluding hydrogens is 442 g/mol. The maximum atomic E-state index is 13.1.